The number of halogens is 1. The first kappa shape index (κ1) is 14.6. The third-order valence-corrected chi connectivity index (χ3v) is 4.35. The number of aromatic nitrogens is 1. The largest absolute Gasteiger partial charge is 0.306 e. The van der Waals surface area contributed by atoms with E-state index in [9.17, 15) is 0 Å². The average molecular weight is 301 g/mol. The summed E-state index contributed by atoms with van der Waals surface area (Å²) in [5.41, 5.74) is 3.91. The first-order valence-corrected chi connectivity index (χ1v) is 8.04. The topological polar surface area (TPSA) is 24.9 Å². The number of aryl methyl sites for hydroxylation is 1. The molecule has 110 valence electrons. The van der Waals surface area contributed by atoms with Gasteiger partial charge in [0, 0.05) is 23.3 Å². The Hall–Kier alpha value is -1.38. The van der Waals surface area contributed by atoms with Gasteiger partial charge in [-0.25, -0.2) is 0 Å². The van der Waals surface area contributed by atoms with E-state index >= 15 is 0 Å². The van der Waals surface area contributed by atoms with E-state index in [2.05, 4.69) is 29.4 Å². The van der Waals surface area contributed by atoms with Crippen LogP contribution in [0.15, 0.2) is 42.6 Å². The highest BCUT2D eigenvalue weighted by atomic mass is 35.5. The van der Waals surface area contributed by atoms with E-state index < -0.39 is 0 Å². The van der Waals surface area contributed by atoms with Gasteiger partial charge in [0.15, 0.2) is 0 Å². The molecule has 2 unspecified atom stereocenters. The summed E-state index contributed by atoms with van der Waals surface area (Å²) in [5, 5.41) is 4.55. The van der Waals surface area contributed by atoms with E-state index in [0.29, 0.717) is 12.1 Å². The monoisotopic (exact) mass is 300 g/mol. The van der Waals surface area contributed by atoms with Crippen LogP contribution < -0.4 is 5.32 Å². The van der Waals surface area contributed by atoms with Crippen molar-refractivity contribution in [2.24, 2.45) is 0 Å². The van der Waals surface area contributed by atoms with Crippen LogP contribution in [0, 0.1) is 0 Å². The minimum absolute atomic E-state index is 0.379. The lowest BCUT2D eigenvalue weighted by Gasteiger charge is -2.28. The molecule has 1 aliphatic rings. The highest BCUT2D eigenvalue weighted by Crippen LogP contribution is 2.28. The third kappa shape index (κ3) is 3.63. The van der Waals surface area contributed by atoms with Crippen molar-refractivity contribution in [1.82, 2.24) is 10.3 Å². The van der Waals surface area contributed by atoms with Crippen LogP contribution in [0.1, 0.15) is 42.6 Å². The van der Waals surface area contributed by atoms with Gasteiger partial charge < -0.3 is 5.32 Å². The van der Waals surface area contributed by atoms with Gasteiger partial charge in [-0.3, -0.25) is 4.98 Å². The minimum Gasteiger partial charge on any atom is -0.306 e. The Morgan fingerprint density at radius 3 is 3.10 bits per heavy atom. The molecule has 2 nitrogen and oxygen atoms in total. The molecular weight excluding hydrogens is 280 g/mol. The maximum absolute atomic E-state index is 6.06. The van der Waals surface area contributed by atoms with Gasteiger partial charge in [-0.2, -0.15) is 0 Å². The summed E-state index contributed by atoms with van der Waals surface area (Å²) in [5.74, 6) is 0. The van der Waals surface area contributed by atoms with Crippen molar-refractivity contribution in [3.63, 3.8) is 0 Å². The van der Waals surface area contributed by atoms with E-state index in [1.807, 2.05) is 30.5 Å². The summed E-state index contributed by atoms with van der Waals surface area (Å²) in [6.07, 6.45) is 6.45. The molecule has 1 aromatic carbocycles. The highest BCUT2D eigenvalue weighted by molar-refractivity contribution is 6.30. The van der Waals surface area contributed by atoms with Crippen LogP contribution in [0.4, 0.5) is 0 Å². The molecule has 0 amide bonds. The quantitative estimate of drug-likeness (QED) is 0.909. The second kappa shape index (κ2) is 6.59. The fourth-order valence-electron chi connectivity index (χ4n) is 3.19. The van der Waals surface area contributed by atoms with Gasteiger partial charge in [0.2, 0.25) is 0 Å². The molecule has 1 aromatic heterocycles. The minimum atomic E-state index is 0.379. The summed E-state index contributed by atoms with van der Waals surface area (Å²) < 4.78 is 0. The predicted molar refractivity (Wildman–Crippen MR) is 87.7 cm³/mol. The van der Waals surface area contributed by atoms with Crippen molar-refractivity contribution >= 4 is 11.6 Å². The maximum atomic E-state index is 6.06. The normalized spacial score (nSPS) is 19.0. The summed E-state index contributed by atoms with van der Waals surface area (Å²) >= 11 is 6.06. The molecule has 1 aliphatic carbocycles. The Kier molecular flexibility index (Phi) is 4.57. The molecule has 21 heavy (non-hydrogen) atoms. The van der Waals surface area contributed by atoms with Gasteiger partial charge in [-0.15, -0.1) is 0 Å². The van der Waals surface area contributed by atoms with Crippen molar-refractivity contribution in [1.29, 1.82) is 0 Å². The van der Waals surface area contributed by atoms with Crippen molar-refractivity contribution in [2.45, 2.75) is 44.7 Å². The zero-order valence-corrected chi connectivity index (χ0v) is 13.1. The maximum Gasteiger partial charge on any atom is 0.0605 e. The van der Waals surface area contributed by atoms with Gasteiger partial charge in [-0.05, 0) is 61.9 Å². The number of hydrogen-bond acceptors (Lipinski definition) is 2. The van der Waals surface area contributed by atoms with Gasteiger partial charge in [0.1, 0.15) is 0 Å². The fraction of sp³-hybridized carbons (Fsp3) is 0.389. The average Bonchev–Trinajstić information content (AvgIpc) is 2.47. The fourth-order valence-corrected chi connectivity index (χ4v) is 3.40. The van der Waals surface area contributed by atoms with Crippen LogP contribution >= 0.6 is 11.6 Å². The molecule has 0 spiro atoms. The first-order chi connectivity index (χ1) is 10.2. The molecule has 2 atom stereocenters. The molecule has 1 N–H and O–H groups in total. The van der Waals surface area contributed by atoms with Gasteiger partial charge in [-0.1, -0.05) is 29.8 Å². The van der Waals surface area contributed by atoms with E-state index in [1.54, 1.807) is 0 Å². The van der Waals surface area contributed by atoms with Crippen LogP contribution in [0.2, 0.25) is 5.02 Å². The van der Waals surface area contributed by atoms with Crippen LogP contribution in [0.5, 0.6) is 0 Å². The van der Waals surface area contributed by atoms with E-state index in [1.165, 1.54) is 29.7 Å². The van der Waals surface area contributed by atoms with Crippen LogP contribution in [0.3, 0.4) is 0 Å². The molecule has 0 aliphatic heterocycles. The van der Waals surface area contributed by atoms with E-state index in [0.717, 1.165) is 17.9 Å². The van der Waals surface area contributed by atoms with Crippen molar-refractivity contribution < 1.29 is 0 Å². The number of benzene rings is 1. The van der Waals surface area contributed by atoms with Gasteiger partial charge in [0.25, 0.3) is 0 Å². The second-order valence-corrected chi connectivity index (χ2v) is 6.33. The summed E-state index contributed by atoms with van der Waals surface area (Å²) in [7, 11) is 0. The summed E-state index contributed by atoms with van der Waals surface area (Å²) in [4.78, 5) is 4.59. The van der Waals surface area contributed by atoms with E-state index in [-0.39, 0.29) is 0 Å². The van der Waals surface area contributed by atoms with Crippen molar-refractivity contribution in [2.75, 3.05) is 0 Å². The third-order valence-electron chi connectivity index (χ3n) is 4.11. The molecular formula is C18H21ClN2. The molecule has 3 heteroatoms. The number of nitrogens with one attached hydrogen (secondary N) is 1. The Labute approximate surface area is 131 Å². The number of hydrogen-bond donors (Lipinski definition) is 1. The second-order valence-electron chi connectivity index (χ2n) is 5.89. The van der Waals surface area contributed by atoms with Crippen molar-refractivity contribution in [3.8, 4) is 0 Å². The molecule has 0 fully saturated rings. The zero-order valence-electron chi connectivity index (χ0n) is 12.3. The Balaban J connectivity index is 1.67. The Morgan fingerprint density at radius 1 is 1.33 bits per heavy atom. The lowest BCUT2D eigenvalue weighted by Crippen LogP contribution is -2.34. The lowest BCUT2D eigenvalue weighted by molar-refractivity contribution is 0.399. The number of rotatable bonds is 4. The molecule has 0 saturated heterocycles. The lowest BCUT2D eigenvalue weighted by atomic mass is 9.91. The molecule has 3 rings (SSSR count). The highest BCUT2D eigenvalue weighted by Gasteiger charge is 2.22. The molecule has 0 saturated carbocycles. The van der Waals surface area contributed by atoms with E-state index in [4.69, 9.17) is 11.6 Å². The molecule has 0 bridgehead atoms. The molecule has 2 aromatic rings. The Bertz CT molecular complexity index is 612. The number of nitrogens with zero attached hydrogens (tertiary/aromatic N) is 1. The standard InChI is InChI=1S/C18H21ClN2/c1-13(11-14-5-2-8-16(19)12-14)21-17-9-3-6-15-7-4-10-20-18(15)17/h2,4-5,7-8,10,12-13,17,21H,3,6,9,11H2,1H3. The predicted octanol–water partition coefficient (Wildman–Crippen LogP) is 4.33. The molecule has 0 radical (unpaired) electrons. The zero-order chi connectivity index (χ0) is 14.7. The molecule has 1 heterocycles. The Morgan fingerprint density at radius 2 is 2.24 bits per heavy atom. The van der Waals surface area contributed by atoms with Crippen LogP contribution in [-0.2, 0) is 12.8 Å². The van der Waals surface area contributed by atoms with Crippen LogP contribution in [-0.4, -0.2) is 11.0 Å². The smallest absolute Gasteiger partial charge is 0.0605 e. The summed E-state index contributed by atoms with van der Waals surface area (Å²) in [6, 6.07) is 13.1. The van der Waals surface area contributed by atoms with Crippen LogP contribution in [0.25, 0.3) is 0 Å². The summed E-state index contributed by atoms with van der Waals surface area (Å²) in [6.45, 7) is 2.23. The first-order valence-electron chi connectivity index (χ1n) is 7.66. The number of pyridine rings is 1. The van der Waals surface area contributed by atoms with Gasteiger partial charge >= 0.3 is 0 Å². The number of fused-ring (bicyclic) bond motifs is 1. The SMILES string of the molecule is CC(Cc1cccc(Cl)c1)NC1CCCc2cccnc21. The van der Waals surface area contributed by atoms with Crippen molar-refractivity contribution in [3.05, 3.63) is 64.4 Å². The van der Waals surface area contributed by atoms with Gasteiger partial charge in [0.05, 0.1) is 5.69 Å².